The van der Waals surface area contributed by atoms with E-state index in [4.69, 9.17) is 24.4 Å². The number of rotatable bonds is 10. The van der Waals surface area contributed by atoms with Crippen LogP contribution in [0.3, 0.4) is 0 Å². The van der Waals surface area contributed by atoms with Crippen LogP contribution < -0.4 is 0 Å². The van der Waals surface area contributed by atoms with Crippen LogP contribution in [0.15, 0.2) is 9.81 Å². The lowest BCUT2D eigenvalue weighted by Gasteiger charge is -2.35. The zero-order valence-electron chi connectivity index (χ0n) is 23.5. The molecule has 0 N–H and O–H groups in total. The molecule has 0 saturated carbocycles. The molecule has 0 aliphatic carbocycles. The molecule has 4 fully saturated rings. The Labute approximate surface area is 257 Å². The summed E-state index contributed by atoms with van der Waals surface area (Å²) in [5, 5.41) is 0. The Morgan fingerprint density at radius 3 is 1.50 bits per heavy atom. The lowest BCUT2D eigenvalue weighted by atomic mass is 9.99. The van der Waals surface area contributed by atoms with Crippen molar-refractivity contribution in [2.24, 2.45) is 0 Å². The molecule has 4 aliphatic rings. The van der Waals surface area contributed by atoms with Crippen LogP contribution in [0.2, 0.25) is 0 Å². The molecule has 40 heavy (non-hydrogen) atoms. The molecule has 4 rings (SSSR count). The van der Waals surface area contributed by atoms with Crippen LogP contribution in [0, 0.1) is 0 Å². The predicted molar refractivity (Wildman–Crippen MR) is 169 cm³/mol. The van der Waals surface area contributed by atoms with E-state index in [9.17, 15) is 19.2 Å². The molecule has 0 aromatic heterocycles. The first-order chi connectivity index (χ1) is 19.3. The van der Waals surface area contributed by atoms with E-state index in [0.29, 0.717) is 69.3 Å². The SMILES string of the molecule is CC[C@@H]1CCCCN1C(=O)CCCN1C(=O)/C(=C2\SC(=S)N(CCCC(=O)N3CCCC[C@@H]3CC)C2=O)SC1=S. The van der Waals surface area contributed by atoms with E-state index in [-0.39, 0.29) is 23.6 Å². The molecule has 8 nitrogen and oxygen atoms in total. The molecule has 4 amide bonds. The maximum Gasteiger partial charge on any atom is 0.267 e. The molecular formula is C28H40N4O4S4. The Balaban J connectivity index is 1.29. The number of carbonyl (C=O) groups is 4. The third-order valence-electron chi connectivity index (χ3n) is 8.29. The summed E-state index contributed by atoms with van der Waals surface area (Å²) >= 11 is 13.2. The summed E-state index contributed by atoms with van der Waals surface area (Å²) in [6, 6.07) is 0.631. The van der Waals surface area contributed by atoms with Gasteiger partial charge in [0.1, 0.15) is 8.64 Å². The van der Waals surface area contributed by atoms with Gasteiger partial charge >= 0.3 is 0 Å². The summed E-state index contributed by atoms with van der Waals surface area (Å²) in [7, 11) is 0. The molecule has 2 atom stereocenters. The minimum Gasteiger partial charge on any atom is -0.340 e. The van der Waals surface area contributed by atoms with Crippen molar-refractivity contribution in [2.75, 3.05) is 26.2 Å². The van der Waals surface area contributed by atoms with Crippen molar-refractivity contribution in [1.82, 2.24) is 19.6 Å². The average molecular weight is 625 g/mol. The van der Waals surface area contributed by atoms with Gasteiger partial charge in [-0.1, -0.05) is 61.8 Å². The van der Waals surface area contributed by atoms with Crippen LogP contribution in [0.4, 0.5) is 0 Å². The topological polar surface area (TPSA) is 81.2 Å². The number of thioether (sulfide) groups is 2. The van der Waals surface area contributed by atoms with E-state index in [0.717, 1.165) is 75.1 Å². The molecule has 0 spiro atoms. The standard InChI is InChI=1S/C28H40N4O4S4/c1-3-19-11-5-7-15-29(19)21(33)13-9-17-31-25(35)23(39-27(31)37)24-26(36)32(28(38)40-24)18-10-14-22(34)30-16-8-6-12-20(30)4-2/h19-20H,3-18H2,1-2H3/b24-23+/t19-,20+. The van der Waals surface area contributed by atoms with Crippen LogP contribution in [0.25, 0.3) is 0 Å². The molecular weight excluding hydrogens is 585 g/mol. The zero-order valence-corrected chi connectivity index (χ0v) is 26.8. The first-order valence-electron chi connectivity index (χ1n) is 14.7. The second kappa shape index (κ2) is 14.6. The van der Waals surface area contributed by atoms with Gasteiger partial charge in [-0.3, -0.25) is 29.0 Å². The summed E-state index contributed by atoms with van der Waals surface area (Å²) in [5.41, 5.74) is 0. The normalized spacial score (nSPS) is 25.9. The number of nitrogens with zero attached hydrogens (tertiary/aromatic N) is 4. The molecule has 4 saturated heterocycles. The Hall–Kier alpha value is -1.50. The lowest BCUT2D eigenvalue weighted by molar-refractivity contribution is -0.136. The summed E-state index contributed by atoms with van der Waals surface area (Å²) in [6.45, 7) is 6.56. The van der Waals surface area contributed by atoms with Gasteiger partial charge in [-0.25, -0.2) is 0 Å². The Morgan fingerprint density at radius 1 is 0.725 bits per heavy atom. The van der Waals surface area contributed by atoms with Crippen molar-refractivity contribution in [2.45, 2.75) is 103 Å². The monoisotopic (exact) mass is 624 g/mol. The van der Waals surface area contributed by atoms with Gasteiger partial charge in [0.2, 0.25) is 11.8 Å². The first-order valence-corrected chi connectivity index (χ1v) is 17.1. The first kappa shape index (κ1) is 31.4. The maximum atomic E-state index is 13.3. The van der Waals surface area contributed by atoms with Crippen molar-refractivity contribution >= 4 is 80.2 Å². The van der Waals surface area contributed by atoms with Gasteiger partial charge in [0, 0.05) is 51.1 Å². The van der Waals surface area contributed by atoms with Crippen molar-refractivity contribution < 1.29 is 19.2 Å². The van der Waals surface area contributed by atoms with E-state index in [1.165, 1.54) is 22.6 Å². The highest BCUT2D eigenvalue weighted by Gasteiger charge is 2.42. The highest BCUT2D eigenvalue weighted by Crippen LogP contribution is 2.42. The van der Waals surface area contributed by atoms with Gasteiger partial charge in [-0.05, 0) is 64.2 Å². The van der Waals surface area contributed by atoms with Gasteiger partial charge in [0.25, 0.3) is 11.8 Å². The fraction of sp³-hybridized carbons (Fsp3) is 0.714. The molecule has 0 radical (unpaired) electrons. The fourth-order valence-electron chi connectivity index (χ4n) is 6.03. The second-order valence-electron chi connectivity index (χ2n) is 10.8. The van der Waals surface area contributed by atoms with Gasteiger partial charge < -0.3 is 9.80 Å². The number of likely N-dealkylation sites (tertiary alicyclic amines) is 2. The number of amides is 4. The van der Waals surface area contributed by atoms with Crippen molar-refractivity contribution in [3.63, 3.8) is 0 Å². The van der Waals surface area contributed by atoms with Crippen LogP contribution in [-0.4, -0.2) is 90.1 Å². The van der Waals surface area contributed by atoms with E-state index >= 15 is 0 Å². The van der Waals surface area contributed by atoms with E-state index in [1.807, 2.05) is 9.80 Å². The minimum atomic E-state index is -0.293. The van der Waals surface area contributed by atoms with E-state index in [1.54, 1.807) is 0 Å². The quantitative estimate of drug-likeness (QED) is 0.247. The summed E-state index contributed by atoms with van der Waals surface area (Å²) in [4.78, 5) is 59.8. The van der Waals surface area contributed by atoms with Crippen LogP contribution in [-0.2, 0) is 19.2 Å². The smallest absolute Gasteiger partial charge is 0.267 e. The fourth-order valence-corrected chi connectivity index (χ4v) is 8.80. The van der Waals surface area contributed by atoms with Crippen LogP contribution in [0.1, 0.15) is 90.9 Å². The number of hydrogen-bond donors (Lipinski definition) is 0. The molecule has 0 aromatic rings. The Bertz CT molecular complexity index is 999. The highest BCUT2D eigenvalue weighted by molar-refractivity contribution is 8.29. The highest BCUT2D eigenvalue weighted by atomic mass is 32.2. The number of carbonyl (C=O) groups excluding carboxylic acids is 4. The lowest BCUT2D eigenvalue weighted by Crippen LogP contribution is -2.43. The molecule has 0 bridgehead atoms. The number of hydrogen-bond acceptors (Lipinski definition) is 8. The minimum absolute atomic E-state index is 0.141. The van der Waals surface area contributed by atoms with Gasteiger partial charge in [-0.15, -0.1) is 0 Å². The average Bonchev–Trinajstić information content (AvgIpc) is 3.41. The van der Waals surface area contributed by atoms with Crippen LogP contribution >= 0.6 is 48.0 Å². The summed E-state index contributed by atoms with van der Waals surface area (Å²) in [6.07, 6.45) is 10.3. The molecule has 4 heterocycles. The summed E-state index contributed by atoms with van der Waals surface area (Å²) < 4.78 is 0.805. The summed E-state index contributed by atoms with van der Waals surface area (Å²) in [5.74, 6) is -0.305. The number of thiocarbonyl (C=S) groups is 2. The van der Waals surface area contributed by atoms with E-state index < -0.39 is 0 Å². The molecule has 220 valence electrons. The molecule has 0 aromatic carbocycles. The van der Waals surface area contributed by atoms with Gasteiger partial charge in [0.15, 0.2) is 0 Å². The zero-order chi connectivity index (χ0) is 28.8. The molecule has 0 unspecified atom stereocenters. The maximum absolute atomic E-state index is 13.3. The van der Waals surface area contributed by atoms with Crippen molar-refractivity contribution in [3.05, 3.63) is 9.81 Å². The largest absolute Gasteiger partial charge is 0.340 e. The van der Waals surface area contributed by atoms with Crippen molar-refractivity contribution in [1.29, 1.82) is 0 Å². The predicted octanol–water partition coefficient (Wildman–Crippen LogP) is 5.06. The Kier molecular flexibility index (Phi) is 11.5. The third kappa shape index (κ3) is 7.10. The second-order valence-corrected chi connectivity index (χ2v) is 14.1. The number of piperidine rings is 2. The molecule has 12 heteroatoms. The van der Waals surface area contributed by atoms with Crippen molar-refractivity contribution in [3.8, 4) is 0 Å². The van der Waals surface area contributed by atoms with E-state index in [2.05, 4.69) is 13.8 Å². The third-order valence-corrected chi connectivity index (χ3v) is 11.3. The van der Waals surface area contributed by atoms with Gasteiger partial charge in [0.05, 0.1) is 9.81 Å². The molecule has 4 aliphatic heterocycles. The van der Waals surface area contributed by atoms with Crippen LogP contribution in [0.5, 0.6) is 0 Å². The Morgan fingerprint density at radius 2 is 1.12 bits per heavy atom. The van der Waals surface area contributed by atoms with Gasteiger partial charge in [-0.2, -0.15) is 0 Å².